The molecule has 11 heteroatoms. The number of nitrogens with zero attached hydrogens (tertiary/aromatic N) is 5. The Labute approximate surface area is 190 Å². The third-order valence-corrected chi connectivity index (χ3v) is 6.71. The third-order valence-electron chi connectivity index (χ3n) is 4.00. The van der Waals surface area contributed by atoms with Gasteiger partial charge in [0.05, 0.1) is 17.8 Å². The first kappa shape index (κ1) is 20.8. The van der Waals surface area contributed by atoms with Crippen molar-refractivity contribution < 1.29 is 4.79 Å². The molecule has 1 amide bonds. The van der Waals surface area contributed by atoms with Gasteiger partial charge >= 0.3 is 0 Å². The molecule has 4 aromatic rings. The fourth-order valence-corrected chi connectivity index (χ4v) is 4.96. The second-order valence-corrected chi connectivity index (χ2v) is 9.08. The van der Waals surface area contributed by atoms with Crippen LogP contribution in [0.3, 0.4) is 0 Å². The van der Waals surface area contributed by atoms with Gasteiger partial charge in [-0.3, -0.25) is 4.79 Å². The molecule has 0 saturated heterocycles. The van der Waals surface area contributed by atoms with Gasteiger partial charge in [0.15, 0.2) is 0 Å². The minimum Gasteiger partial charge on any atom is -0.326 e. The summed E-state index contributed by atoms with van der Waals surface area (Å²) in [6.07, 6.45) is 1.71. The lowest BCUT2D eigenvalue weighted by molar-refractivity contribution is -0.115. The van der Waals surface area contributed by atoms with Crippen LogP contribution >= 0.6 is 46.3 Å². The van der Waals surface area contributed by atoms with E-state index in [1.165, 1.54) is 22.3 Å². The molecule has 0 unspecified atom stereocenters. The Hall–Kier alpha value is -2.46. The number of thiazole rings is 1. The Kier molecular flexibility index (Phi) is 6.63. The smallest absolute Gasteiger partial charge is 0.230 e. The highest BCUT2D eigenvalue weighted by Crippen LogP contribution is 2.30. The molecule has 0 fully saturated rings. The van der Waals surface area contributed by atoms with E-state index in [1.807, 2.05) is 29.6 Å². The lowest BCUT2D eigenvalue weighted by Crippen LogP contribution is -2.14. The molecule has 2 aromatic heterocycles. The molecule has 0 aliphatic rings. The molecule has 4 rings (SSSR count). The van der Waals surface area contributed by atoms with Gasteiger partial charge in [0.2, 0.25) is 5.91 Å². The summed E-state index contributed by atoms with van der Waals surface area (Å²) in [6, 6.07) is 12.7. The van der Waals surface area contributed by atoms with Crippen LogP contribution in [0.4, 0.5) is 5.69 Å². The predicted octanol–water partition coefficient (Wildman–Crippen LogP) is 4.90. The van der Waals surface area contributed by atoms with Crippen LogP contribution in [0.15, 0.2) is 58.5 Å². The molecule has 1 N–H and O–H groups in total. The quantitative estimate of drug-likeness (QED) is 0.381. The van der Waals surface area contributed by atoms with Crippen molar-refractivity contribution in [2.75, 3.05) is 5.32 Å². The van der Waals surface area contributed by atoms with E-state index >= 15 is 0 Å². The molecule has 0 atom stereocenters. The van der Waals surface area contributed by atoms with Crippen LogP contribution in [0, 0.1) is 0 Å². The third kappa shape index (κ3) is 5.37. The van der Waals surface area contributed by atoms with Gasteiger partial charge in [-0.1, -0.05) is 41.0 Å². The van der Waals surface area contributed by atoms with Gasteiger partial charge < -0.3 is 5.32 Å². The summed E-state index contributed by atoms with van der Waals surface area (Å²) >= 11 is 15.2. The number of tetrazole rings is 1. The zero-order valence-electron chi connectivity index (χ0n) is 15.3. The van der Waals surface area contributed by atoms with Gasteiger partial charge in [-0.15, -0.1) is 16.4 Å². The van der Waals surface area contributed by atoms with Crippen molar-refractivity contribution in [1.29, 1.82) is 0 Å². The number of amides is 1. The van der Waals surface area contributed by atoms with E-state index in [0.717, 1.165) is 21.3 Å². The summed E-state index contributed by atoms with van der Waals surface area (Å²) in [5.74, 6) is 0.552. The number of hydrogen-bond donors (Lipinski definition) is 1. The monoisotopic (exact) mass is 476 g/mol. The first-order valence-electron chi connectivity index (χ1n) is 8.71. The van der Waals surface area contributed by atoms with E-state index in [4.69, 9.17) is 23.2 Å². The Morgan fingerprint density at radius 2 is 2.00 bits per heavy atom. The Morgan fingerprint density at radius 3 is 2.73 bits per heavy atom. The number of rotatable bonds is 7. The summed E-state index contributed by atoms with van der Waals surface area (Å²) in [6.45, 7) is 0. The van der Waals surface area contributed by atoms with Gasteiger partial charge in [-0.25, -0.2) is 9.67 Å². The first-order valence-corrected chi connectivity index (χ1v) is 11.3. The average molecular weight is 477 g/mol. The fourth-order valence-electron chi connectivity index (χ4n) is 2.56. The molecule has 152 valence electrons. The second kappa shape index (κ2) is 9.57. The number of benzene rings is 2. The van der Waals surface area contributed by atoms with Crippen LogP contribution < -0.4 is 5.32 Å². The summed E-state index contributed by atoms with van der Waals surface area (Å²) in [5, 5.41) is 17.0. The number of halogens is 2. The Bertz CT molecular complexity index is 1150. The normalized spacial score (nSPS) is 10.9. The summed E-state index contributed by atoms with van der Waals surface area (Å²) in [4.78, 5) is 16.9. The van der Waals surface area contributed by atoms with Gasteiger partial charge in [-0.2, -0.15) is 0 Å². The van der Waals surface area contributed by atoms with Gasteiger partial charge in [0.1, 0.15) is 10.7 Å². The Balaban J connectivity index is 1.30. The second-order valence-electron chi connectivity index (χ2n) is 6.16. The van der Waals surface area contributed by atoms with E-state index in [1.54, 1.807) is 30.0 Å². The van der Waals surface area contributed by atoms with Crippen molar-refractivity contribution >= 4 is 57.9 Å². The number of thioether (sulfide) groups is 1. The van der Waals surface area contributed by atoms with E-state index in [-0.39, 0.29) is 12.3 Å². The van der Waals surface area contributed by atoms with Crippen LogP contribution in [-0.4, -0.2) is 31.1 Å². The van der Waals surface area contributed by atoms with Crippen molar-refractivity contribution in [3.63, 3.8) is 0 Å². The molecule has 2 aromatic carbocycles. The minimum absolute atomic E-state index is 0.132. The van der Waals surface area contributed by atoms with Crippen LogP contribution in [0.5, 0.6) is 0 Å². The van der Waals surface area contributed by atoms with E-state index < -0.39 is 0 Å². The number of anilines is 1. The number of hydrogen-bond acceptors (Lipinski definition) is 7. The molecule has 2 heterocycles. The molecule has 0 saturated carbocycles. The molecule has 0 spiro atoms. The lowest BCUT2D eigenvalue weighted by atomic mass is 10.2. The fraction of sp³-hybridized carbons (Fsp3) is 0.105. The lowest BCUT2D eigenvalue weighted by Gasteiger charge is -2.05. The van der Waals surface area contributed by atoms with Crippen molar-refractivity contribution in [2.24, 2.45) is 0 Å². The van der Waals surface area contributed by atoms with Gasteiger partial charge in [0.25, 0.3) is 0 Å². The van der Waals surface area contributed by atoms with Crippen molar-refractivity contribution in [1.82, 2.24) is 25.2 Å². The van der Waals surface area contributed by atoms with E-state index in [2.05, 4.69) is 25.8 Å². The predicted molar refractivity (Wildman–Crippen MR) is 120 cm³/mol. The molecule has 7 nitrogen and oxygen atoms in total. The first-order chi connectivity index (χ1) is 14.6. The minimum atomic E-state index is -0.132. The topological polar surface area (TPSA) is 85.6 Å². The van der Waals surface area contributed by atoms with E-state index in [0.29, 0.717) is 21.5 Å². The largest absolute Gasteiger partial charge is 0.326 e. The molecule has 0 aliphatic carbocycles. The maximum Gasteiger partial charge on any atom is 0.230 e. The van der Waals surface area contributed by atoms with Gasteiger partial charge in [0, 0.05) is 26.9 Å². The maximum absolute atomic E-state index is 12.3. The SMILES string of the molecule is O=C(Cc1csc(SCc2ccc(Cl)cc2Cl)n1)Nc1ccc(-n2cnnn2)cc1. The van der Waals surface area contributed by atoms with Crippen molar-refractivity contribution in [2.45, 2.75) is 16.5 Å². The molecule has 0 aliphatic heterocycles. The van der Waals surface area contributed by atoms with Crippen LogP contribution in [-0.2, 0) is 17.0 Å². The standard InChI is InChI=1S/C19H14Cl2N6OS2/c20-13-2-1-12(17(21)7-13)9-29-19-24-15(10-30-19)8-18(28)23-14-3-5-16(6-4-14)27-11-22-25-26-27/h1-7,10-11H,8-9H2,(H,23,28). The number of carbonyl (C=O) groups excluding carboxylic acids is 1. The summed E-state index contributed by atoms with van der Waals surface area (Å²) < 4.78 is 2.42. The molecular weight excluding hydrogens is 463 g/mol. The summed E-state index contributed by atoms with van der Waals surface area (Å²) in [5.41, 5.74) is 3.22. The Morgan fingerprint density at radius 1 is 1.17 bits per heavy atom. The number of aromatic nitrogens is 5. The number of carbonyl (C=O) groups is 1. The molecular formula is C19H14Cl2N6OS2. The molecule has 0 bridgehead atoms. The zero-order valence-corrected chi connectivity index (χ0v) is 18.5. The van der Waals surface area contributed by atoms with Crippen LogP contribution in [0.1, 0.15) is 11.3 Å². The molecule has 30 heavy (non-hydrogen) atoms. The highest BCUT2D eigenvalue weighted by Gasteiger charge is 2.10. The maximum atomic E-state index is 12.3. The highest BCUT2D eigenvalue weighted by molar-refractivity contribution is 8.00. The van der Waals surface area contributed by atoms with E-state index in [9.17, 15) is 4.79 Å². The molecule has 0 radical (unpaired) electrons. The highest BCUT2D eigenvalue weighted by atomic mass is 35.5. The summed E-state index contributed by atoms with van der Waals surface area (Å²) in [7, 11) is 0. The van der Waals surface area contributed by atoms with Gasteiger partial charge in [-0.05, 0) is 52.4 Å². The average Bonchev–Trinajstić information content (AvgIpc) is 3.40. The van der Waals surface area contributed by atoms with Crippen molar-refractivity contribution in [3.8, 4) is 5.69 Å². The van der Waals surface area contributed by atoms with Crippen LogP contribution in [0.25, 0.3) is 5.69 Å². The number of nitrogens with one attached hydrogen (secondary N) is 1. The van der Waals surface area contributed by atoms with Crippen LogP contribution in [0.2, 0.25) is 10.0 Å². The zero-order chi connectivity index (χ0) is 20.9. The van der Waals surface area contributed by atoms with Crippen molar-refractivity contribution in [3.05, 3.63) is 75.5 Å².